The molecule has 0 atom stereocenters. The van der Waals surface area contributed by atoms with E-state index in [0.717, 1.165) is 5.56 Å². The first-order valence-electron chi connectivity index (χ1n) is 8.17. The maximum atomic E-state index is 12.1. The largest absolute Gasteiger partial charge is 0.454 e. The van der Waals surface area contributed by atoms with Crippen molar-refractivity contribution in [2.75, 3.05) is 18.7 Å². The van der Waals surface area contributed by atoms with Crippen LogP contribution in [0.4, 0.5) is 5.69 Å². The van der Waals surface area contributed by atoms with Gasteiger partial charge in [0.25, 0.3) is 5.91 Å². The monoisotopic (exact) mass is 367 g/mol. The van der Waals surface area contributed by atoms with Crippen LogP contribution in [0.3, 0.4) is 0 Å². The molecule has 0 unspecified atom stereocenters. The van der Waals surface area contributed by atoms with Gasteiger partial charge >= 0.3 is 5.97 Å². The predicted octanol–water partition coefficient (Wildman–Crippen LogP) is 2.81. The van der Waals surface area contributed by atoms with E-state index in [0.29, 0.717) is 11.5 Å². The number of fused-ring (bicyclic) bond motifs is 1. The number of ether oxygens (including phenoxy) is 3. The Balaban J connectivity index is 1.59. The summed E-state index contributed by atoms with van der Waals surface area (Å²) in [4.78, 5) is 35.6. The zero-order chi connectivity index (χ0) is 19.2. The second-order valence-electron chi connectivity index (χ2n) is 5.71. The van der Waals surface area contributed by atoms with Gasteiger partial charge in [-0.2, -0.15) is 0 Å². The van der Waals surface area contributed by atoms with Gasteiger partial charge in [0.15, 0.2) is 23.9 Å². The van der Waals surface area contributed by atoms with Gasteiger partial charge in [-0.1, -0.05) is 30.3 Å². The number of benzene rings is 2. The van der Waals surface area contributed by atoms with Crippen LogP contribution in [-0.4, -0.2) is 31.1 Å². The van der Waals surface area contributed by atoms with Crippen molar-refractivity contribution < 1.29 is 28.6 Å². The summed E-state index contributed by atoms with van der Waals surface area (Å²) in [6.45, 7) is 0.945. The summed E-state index contributed by atoms with van der Waals surface area (Å²) in [6.07, 6.45) is 2.83. The van der Waals surface area contributed by atoms with Gasteiger partial charge in [0.1, 0.15) is 0 Å². The molecule has 7 nitrogen and oxygen atoms in total. The van der Waals surface area contributed by atoms with Gasteiger partial charge in [0, 0.05) is 17.7 Å². The highest BCUT2D eigenvalue weighted by Gasteiger charge is 2.20. The number of anilines is 1. The summed E-state index contributed by atoms with van der Waals surface area (Å²) < 4.78 is 15.4. The van der Waals surface area contributed by atoms with Crippen molar-refractivity contribution in [3.05, 3.63) is 59.7 Å². The SMILES string of the molecule is CC(=O)c1cc2c(cc1NC(=O)COC(=O)/C=C/c1ccccc1)OCO2. The summed E-state index contributed by atoms with van der Waals surface area (Å²) >= 11 is 0. The summed E-state index contributed by atoms with van der Waals surface area (Å²) in [6, 6.07) is 12.2. The maximum absolute atomic E-state index is 12.1. The number of nitrogens with one attached hydrogen (secondary N) is 1. The molecule has 1 N–H and O–H groups in total. The first-order valence-corrected chi connectivity index (χ1v) is 8.17. The van der Waals surface area contributed by atoms with Crippen molar-refractivity contribution in [1.29, 1.82) is 0 Å². The third kappa shape index (κ3) is 4.72. The van der Waals surface area contributed by atoms with E-state index in [9.17, 15) is 14.4 Å². The quantitative estimate of drug-likeness (QED) is 0.480. The standard InChI is InChI=1S/C20H17NO6/c1-13(22)15-9-17-18(27-12-26-17)10-16(15)21-19(23)11-25-20(24)8-7-14-5-3-2-4-6-14/h2-10H,11-12H2,1H3,(H,21,23)/b8-7+. The van der Waals surface area contributed by atoms with E-state index in [2.05, 4.69) is 5.32 Å². The highest BCUT2D eigenvalue weighted by atomic mass is 16.7. The third-order valence-corrected chi connectivity index (χ3v) is 3.72. The van der Waals surface area contributed by atoms with Crippen LogP contribution in [0.1, 0.15) is 22.8 Å². The average molecular weight is 367 g/mol. The molecule has 27 heavy (non-hydrogen) atoms. The lowest BCUT2D eigenvalue weighted by Gasteiger charge is -2.10. The Kier molecular flexibility index (Phi) is 5.51. The Labute approximate surface area is 155 Å². The lowest BCUT2D eigenvalue weighted by atomic mass is 10.1. The van der Waals surface area contributed by atoms with Gasteiger partial charge < -0.3 is 19.5 Å². The molecule has 2 aromatic rings. The summed E-state index contributed by atoms with van der Waals surface area (Å²) in [5.74, 6) is -0.593. The fourth-order valence-electron chi connectivity index (χ4n) is 2.44. The summed E-state index contributed by atoms with van der Waals surface area (Å²) in [5.41, 5.74) is 1.39. The number of ketones is 1. The second kappa shape index (κ2) is 8.18. The van der Waals surface area contributed by atoms with E-state index in [1.54, 1.807) is 6.08 Å². The van der Waals surface area contributed by atoms with Gasteiger partial charge in [-0.15, -0.1) is 0 Å². The van der Waals surface area contributed by atoms with Crippen LogP contribution in [0, 0.1) is 0 Å². The second-order valence-corrected chi connectivity index (χ2v) is 5.71. The Morgan fingerprint density at radius 2 is 1.81 bits per heavy atom. The van der Waals surface area contributed by atoms with E-state index < -0.39 is 18.5 Å². The highest BCUT2D eigenvalue weighted by molar-refractivity contribution is 6.05. The van der Waals surface area contributed by atoms with E-state index in [-0.39, 0.29) is 23.8 Å². The van der Waals surface area contributed by atoms with Crippen LogP contribution in [0.5, 0.6) is 11.5 Å². The molecular formula is C20H17NO6. The topological polar surface area (TPSA) is 90.9 Å². The molecular weight excluding hydrogens is 350 g/mol. The molecule has 1 aliphatic rings. The normalized spacial score (nSPS) is 12.0. The molecule has 0 radical (unpaired) electrons. The molecule has 3 rings (SSSR count). The van der Waals surface area contributed by atoms with Crippen LogP contribution in [0.15, 0.2) is 48.5 Å². The van der Waals surface area contributed by atoms with Crippen LogP contribution < -0.4 is 14.8 Å². The summed E-state index contributed by atoms with van der Waals surface area (Å²) in [7, 11) is 0. The molecule has 1 aliphatic heterocycles. The minimum absolute atomic E-state index is 0.0510. The number of carbonyl (C=O) groups excluding carboxylic acids is 3. The zero-order valence-corrected chi connectivity index (χ0v) is 14.6. The first-order chi connectivity index (χ1) is 13.0. The Morgan fingerprint density at radius 3 is 2.52 bits per heavy atom. The van der Waals surface area contributed by atoms with Gasteiger partial charge in [-0.05, 0) is 24.6 Å². The molecule has 138 valence electrons. The van der Waals surface area contributed by atoms with Gasteiger partial charge in [-0.3, -0.25) is 9.59 Å². The molecule has 0 aliphatic carbocycles. The van der Waals surface area contributed by atoms with Crippen LogP contribution in [0.2, 0.25) is 0 Å². The molecule has 7 heteroatoms. The number of rotatable bonds is 6. The maximum Gasteiger partial charge on any atom is 0.331 e. The molecule has 0 saturated heterocycles. The van der Waals surface area contributed by atoms with E-state index in [1.807, 2.05) is 30.3 Å². The number of Topliss-reactive ketones (excluding diaryl/α,β-unsaturated/α-hetero) is 1. The molecule has 0 saturated carbocycles. The molecule has 1 amide bonds. The average Bonchev–Trinajstić information content (AvgIpc) is 3.12. The van der Waals surface area contributed by atoms with Crippen LogP contribution >= 0.6 is 0 Å². The van der Waals surface area contributed by atoms with Crippen molar-refractivity contribution in [2.45, 2.75) is 6.92 Å². The molecule has 2 aromatic carbocycles. The Bertz CT molecular complexity index is 904. The van der Waals surface area contributed by atoms with E-state index in [1.165, 1.54) is 25.1 Å². The Hall–Kier alpha value is -3.61. The number of amides is 1. The number of hydrogen-bond acceptors (Lipinski definition) is 6. The minimum atomic E-state index is -0.647. The minimum Gasteiger partial charge on any atom is -0.454 e. The van der Waals surface area contributed by atoms with Crippen molar-refractivity contribution >= 4 is 29.4 Å². The van der Waals surface area contributed by atoms with Crippen molar-refractivity contribution in [3.8, 4) is 11.5 Å². The fourth-order valence-corrected chi connectivity index (χ4v) is 2.44. The highest BCUT2D eigenvalue weighted by Crippen LogP contribution is 2.37. The number of carbonyl (C=O) groups is 3. The van der Waals surface area contributed by atoms with Crippen molar-refractivity contribution in [3.63, 3.8) is 0 Å². The van der Waals surface area contributed by atoms with Gasteiger partial charge in [0.05, 0.1) is 5.69 Å². The van der Waals surface area contributed by atoms with Gasteiger partial charge in [-0.25, -0.2) is 4.79 Å². The Morgan fingerprint density at radius 1 is 1.11 bits per heavy atom. The third-order valence-electron chi connectivity index (χ3n) is 3.72. The van der Waals surface area contributed by atoms with Crippen molar-refractivity contribution in [1.82, 2.24) is 0 Å². The fraction of sp³-hybridized carbons (Fsp3) is 0.150. The number of esters is 1. The predicted molar refractivity (Wildman–Crippen MR) is 97.6 cm³/mol. The molecule has 0 bridgehead atoms. The first kappa shape index (κ1) is 18.2. The van der Waals surface area contributed by atoms with Crippen LogP contribution in [-0.2, 0) is 14.3 Å². The smallest absolute Gasteiger partial charge is 0.331 e. The zero-order valence-electron chi connectivity index (χ0n) is 14.6. The van der Waals surface area contributed by atoms with Gasteiger partial charge in [0.2, 0.25) is 6.79 Å². The van der Waals surface area contributed by atoms with Crippen LogP contribution in [0.25, 0.3) is 6.08 Å². The molecule has 0 spiro atoms. The summed E-state index contributed by atoms with van der Waals surface area (Å²) in [5, 5.41) is 2.55. The van der Waals surface area contributed by atoms with Crippen molar-refractivity contribution in [2.24, 2.45) is 0 Å². The molecule has 0 fully saturated rings. The molecule has 0 aromatic heterocycles. The molecule has 1 heterocycles. The lowest BCUT2D eigenvalue weighted by molar-refractivity contribution is -0.142. The van der Waals surface area contributed by atoms with E-state index >= 15 is 0 Å². The lowest BCUT2D eigenvalue weighted by Crippen LogP contribution is -2.21. The van der Waals surface area contributed by atoms with E-state index in [4.69, 9.17) is 14.2 Å². The number of hydrogen-bond donors (Lipinski definition) is 1.